The summed E-state index contributed by atoms with van der Waals surface area (Å²) in [5.41, 5.74) is 0.757. The largest absolute Gasteiger partial charge is 0.376 e. The quantitative estimate of drug-likeness (QED) is 0.473. The molecule has 0 aliphatic heterocycles. The van der Waals surface area contributed by atoms with Gasteiger partial charge in [-0.1, -0.05) is 6.92 Å². The van der Waals surface area contributed by atoms with E-state index in [1.807, 2.05) is 12.3 Å². The summed E-state index contributed by atoms with van der Waals surface area (Å²) < 4.78 is 0.873. The first kappa shape index (κ1) is 14.6. The van der Waals surface area contributed by atoms with Crippen molar-refractivity contribution in [2.24, 2.45) is 0 Å². The Hall–Kier alpha value is -0.500. The van der Waals surface area contributed by atoms with Crippen LogP contribution < -0.4 is 5.32 Å². The van der Waals surface area contributed by atoms with Crippen LogP contribution in [0.15, 0.2) is 18.2 Å². The van der Waals surface area contributed by atoms with E-state index in [9.17, 15) is 10.1 Å². The van der Waals surface area contributed by atoms with Gasteiger partial charge in [0.15, 0.2) is 0 Å². The van der Waals surface area contributed by atoms with E-state index in [1.54, 1.807) is 23.9 Å². The molecule has 0 aliphatic carbocycles. The molecule has 0 bridgehead atoms. The smallest absolute Gasteiger partial charge is 0.293 e. The van der Waals surface area contributed by atoms with Crippen LogP contribution in [0.5, 0.6) is 0 Å². The second-order valence-corrected chi connectivity index (χ2v) is 5.78. The summed E-state index contributed by atoms with van der Waals surface area (Å²) >= 11 is 3.82. The van der Waals surface area contributed by atoms with Crippen molar-refractivity contribution in [3.63, 3.8) is 0 Å². The number of benzene rings is 1. The Labute approximate surface area is 119 Å². The minimum absolute atomic E-state index is 0.149. The van der Waals surface area contributed by atoms with E-state index >= 15 is 0 Å². The predicted molar refractivity (Wildman–Crippen MR) is 81.9 cm³/mol. The summed E-state index contributed by atoms with van der Waals surface area (Å²) in [6.07, 6.45) is 2.98. The van der Waals surface area contributed by atoms with E-state index in [0.29, 0.717) is 5.69 Å². The van der Waals surface area contributed by atoms with Crippen LogP contribution in [0, 0.1) is 13.7 Å². The third-order valence-corrected chi connectivity index (χ3v) is 3.78. The van der Waals surface area contributed by atoms with E-state index in [4.69, 9.17) is 0 Å². The number of nitro groups is 1. The van der Waals surface area contributed by atoms with Crippen LogP contribution in [0.1, 0.15) is 13.3 Å². The Morgan fingerprint density at radius 3 is 2.82 bits per heavy atom. The van der Waals surface area contributed by atoms with Gasteiger partial charge in [-0.25, -0.2) is 0 Å². The molecule has 0 spiro atoms. The summed E-state index contributed by atoms with van der Waals surface area (Å²) in [4.78, 5) is 10.6. The Balaban J connectivity index is 2.92. The lowest BCUT2D eigenvalue weighted by Crippen LogP contribution is -2.21. The molecular formula is C11H15IN2O2S. The Morgan fingerprint density at radius 1 is 1.59 bits per heavy atom. The number of nitrogens with one attached hydrogen (secondary N) is 1. The summed E-state index contributed by atoms with van der Waals surface area (Å²) in [5.74, 6) is 0.944. The molecule has 4 nitrogen and oxygen atoms in total. The minimum atomic E-state index is -0.337. The third kappa shape index (κ3) is 4.34. The molecule has 1 rings (SSSR count). The maximum atomic E-state index is 11.0. The van der Waals surface area contributed by atoms with Crippen molar-refractivity contribution in [3.05, 3.63) is 31.9 Å². The molecule has 0 aliphatic rings. The molecule has 0 amide bonds. The number of nitro benzene ring substituents is 1. The molecular weight excluding hydrogens is 351 g/mol. The fourth-order valence-corrected chi connectivity index (χ4v) is 2.66. The molecule has 0 aromatic heterocycles. The average Bonchev–Trinajstić information content (AvgIpc) is 2.30. The monoisotopic (exact) mass is 366 g/mol. The predicted octanol–water partition coefficient (Wildman–Crippen LogP) is 3.75. The van der Waals surface area contributed by atoms with Crippen molar-refractivity contribution in [1.82, 2.24) is 0 Å². The van der Waals surface area contributed by atoms with Crippen molar-refractivity contribution in [3.8, 4) is 0 Å². The number of hydrogen-bond acceptors (Lipinski definition) is 4. The first-order valence-electron chi connectivity index (χ1n) is 5.27. The Kier molecular flexibility index (Phi) is 6.04. The van der Waals surface area contributed by atoms with Gasteiger partial charge in [0, 0.05) is 21.4 Å². The molecule has 0 saturated carbocycles. The molecule has 0 saturated heterocycles. The van der Waals surface area contributed by atoms with Gasteiger partial charge >= 0.3 is 0 Å². The molecule has 17 heavy (non-hydrogen) atoms. The normalized spacial score (nSPS) is 12.2. The van der Waals surface area contributed by atoms with Crippen LogP contribution in [-0.4, -0.2) is 23.0 Å². The number of nitrogens with zero attached hydrogens (tertiary/aromatic N) is 1. The summed E-state index contributed by atoms with van der Waals surface area (Å²) in [5, 5.41) is 14.2. The maximum absolute atomic E-state index is 11.0. The van der Waals surface area contributed by atoms with Gasteiger partial charge in [0.05, 0.1) is 4.92 Å². The van der Waals surface area contributed by atoms with E-state index in [1.165, 1.54) is 0 Å². The molecule has 1 N–H and O–H groups in total. The number of hydrogen-bond donors (Lipinski definition) is 1. The second-order valence-electron chi connectivity index (χ2n) is 3.62. The van der Waals surface area contributed by atoms with Gasteiger partial charge in [0.1, 0.15) is 5.69 Å². The molecule has 6 heteroatoms. The van der Waals surface area contributed by atoms with Crippen molar-refractivity contribution in [1.29, 1.82) is 0 Å². The molecule has 1 atom stereocenters. The average molecular weight is 366 g/mol. The molecule has 0 radical (unpaired) electrons. The lowest BCUT2D eigenvalue weighted by atomic mass is 10.2. The number of thioether (sulfide) groups is 1. The highest BCUT2D eigenvalue weighted by Crippen LogP contribution is 2.27. The summed E-state index contributed by atoms with van der Waals surface area (Å²) in [7, 11) is 0. The molecule has 0 heterocycles. The number of anilines is 1. The first-order valence-corrected chi connectivity index (χ1v) is 7.75. The summed E-state index contributed by atoms with van der Waals surface area (Å²) in [6, 6.07) is 5.52. The third-order valence-electron chi connectivity index (χ3n) is 2.38. The maximum Gasteiger partial charge on any atom is 0.293 e. The zero-order valence-corrected chi connectivity index (χ0v) is 12.7. The van der Waals surface area contributed by atoms with Crippen LogP contribution in [0.3, 0.4) is 0 Å². The topological polar surface area (TPSA) is 55.2 Å². The lowest BCUT2D eigenvalue weighted by Gasteiger charge is -2.17. The van der Waals surface area contributed by atoms with Gasteiger partial charge in [0.25, 0.3) is 5.69 Å². The molecule has 94 valence electrons. The van der Waals surface area contributed by atoms with E-state index in [0.717, 1.165) is 15.7 Å². The van der Waals surface area contributed by atoms with Crippen molar-refractivity contribution in [2.75, 3.05) is 17.3 Å². The standard InChI is InChI=1S/C11H15IN2O2S/c1-3-9(7-17-2)13-10-5-4-8(12)6-11(10)14(15)16/h4-6,9,13H,3,7H2,1-2H3. The van der Waals surface area contributed by atoms with Gasteiger partial charge < -0.3 is 5.32 Å². The zero-order valence-electron chi connectivity index (χ0n) is 9.77. The molecule has 1 aromatic carbocycles. The van der Waals surface area contributed by atoms with Crippen molar-refractivity contribution < 1.29 is 4.92 Å². The van der Waals surface area contributed by atoms with E-state index < -0.39 is 0 Å². The van der Waals surface area contributed by atoms with Gasteiger partial charge in [-0.05, 0) is 47.4 Å². The number of rotatable bonds is 6. The SMILES string of the molecule is CCC(CSC)Nc1ccc(I)cc1[N+](=O)[O-]. The van der Waals surface area contributed by atoms with Gasteiger partial charge in [-0.15, -0.1) is 0 Å². The number of halogens is 1. The Morgan fingerprint density at radius 2 is 2.29 bits per heavy atom. The van der Waals surface area contributed by atoms with Crippen molar-refractivity contribution in [2.45, 2.75) is 19.4 Å². The molecule has 1 unspecified atom stereocenters. The van der Waals surface area contributed by atoms with Crippen LogP contribution in [0.2, 0.25) is 0 Å². The zero-order chi connectivity index (χ0) is 12.8. The molecule has 0 fully saturated rings. The van der Waals surface area contributed by atoms with Crippen LogP contribution in [0.25, 0.3) is 0 Å². The highest BCUT2D eigenvalue weighted by molar-refractivity contribution is 14.1. The first-order chi connectivity index (χ1) is 8.08. The highest BCUT2D eigenvalue weighted by atomic mass is 127. The van der Waals surface area contributed by atoms with Crippen molar-refractivity contribution >= 4 is 45.7 Å². The Bertz CT molecular complexity index is 401. The molecule has 1 aromatic rings. The van der Waals surface area contributed by atoms with Crippen LogP contribution >= 0.6 is 34.4 Å². The van der Waals surface area contributed by atoms with Crippen LogP contribution in [-0.2, 0) is 0 Å². The van der Waals surface area contributed by atoms with Gasteiger partial charge in [0.2, 0.25) is 0 Å². The minimum Gasteiger partial charge on any atom is -0.376 e. The van der Waals surface area contributed by atoms with E-state index in [2.05, 4.69) is 34.8 Å². The summed E-state index contributed by atoms with van der Waals surface area (Å²) in [6.45, 7) is 2.08. The van der Waals surface area contributed by atoms with E-state index in [-0.39, 0.29) is 16.7 Å². The lowest BCUT2D eigenvalue weighted by molar-refractivity contribution is -0.384. The fraction of sp³-hybridized carbons (Fsp3) is 0.455. The van der Waals surface area contributed by atoms with Gasteiger partial charge in [-0.2, -0.15) is 11.8 Å². The fourth-order valence-electron chi connectivity index (χ4n) is 1.46. The highest BCUT2D eigenvalue weighted by Gasteiger charge is 2.16. The van der Waals surface area contributed by atoms with Gasteiger partial charge in [-0.3, -0.25) is 10.1 Å². The second kappa shape index (κ2) is 7.05. The van der Waals surface area contributed by atoms with Crippen LogP contribution in [0.4, 0.5) is 11.4 Å².